The Morgan fingerprint density at radius 3 is 2.24 bits per heavy atom. The molecule has 0 spiro atoms. The summed E-state index contributed by atoms with van der Waals surface area (Å²) in [6, 6.07) is 6.45. The predicted molar refractivity (Wildman–Crippen MR) is 71.3 cm³/mol. The number of hydrogen-bond donors (Lipinski definition) is 1. The molecule has 0 atom stereocenters. The largest absolute Gasteiger partial charge is 0.367 e. The number of hydrogen-bond acceptors (Lipinski definition) is 2. The Labute approximate surface area is 108 Å². The number of aromatic nitrogens is 1. The van der Waals surface area contributed by atoms with Gasteiger partial charge in [0.2, 0.25) is 0 Å². The smallest absolute Gasteiger partial charge is 0.131 e. The van der Waals surface area contributed by atoms with Crippen LogP contribution in [0.1, 0.15) is 38.5 Å². The summed E-state index contributed by atoms with van der Waals surface area (Å²) in [7, 11) is 0. The Bertz CT molecular complexity index is 372. The van der Waals surface area contributed by atoms with Crippen molar-refractivity contribution in [2.45, 2.75) is 44.6 Å². The van der Waals surface area contributed by atoms with Crippen LogP contribution in [0.4, 0.5) is 5.82 Å². The molecule has 0 amide bonds. The fourth-order valence-corrected chi connectivity index (χ4v) is 3.04. The molecule has 17 heavy (non-hydrogen) atoms. The summed E-state index contributed by atoms with van der Waals surface area (Å²) < 4.78 is 0. The first-order valence-electron chi connectivity index (χ1n) is 6.72. The third-order valence-electron chi connectivity index (χ3n) is 4.35. The van der Waals surface area contributed by atoms with Gasteiger partial charge in [-0.3, -0.25) is 0 Å². The van der Waals surface area contributed by atoms with Crippen LogP contribution in [0.3, 0.4) is 0 Å². The van der Waals surface area contributed by atoms with Gasteiger partial charge in [-0.05, 0) is 49.7 Å². The maximum Gasteiger partial charge on any atom is 0.131 e. The van der Waals surface area contributed by atoms with Gasteiger partial charge in [-0.25, -0.2) is 4.98 Å². The van der Waals surface area contributed by atoms with Crippen LogP contribution in [0.15, 0.2) is 18.2 Å². The maximum atomic E-state index is 5.93. The molecular formula is C14H19ClN2. The number of anilines is 1. The minimum Gasteiger partial charge on any atom is -0.367 e. The third-order valence-corrected chi connectivity index (χ3v) is 4.56. The maximum absolute atomic E-state index is 5.93. The quantitative estimate of drug-likeness (QED) is 0.814. The fourth-order valence-electron chi connectivity index (χ4n) is 2.88. The molecular weight excluding hydrogens is 232 g/mol. The molecule has 0 saturated heterocycles. The van der Waals surface area contributed by atoms with Crippen LogP contribution in [0.25, 0.3) is 0 Å². The molecule has 92 valence electrons. The summed E-state index contributed by atoms with van der Waals surface area (Å²) in [4.78, 5) is 4.35. The Kier molecular flexibility index (Phi) is 3.24. The van der Waals surface area contributed by atoms with Gasteiger partial charge < -0.3 is 5.32 Å². The van der Waals surface area contributed by atoms with Gasteiger partial charge in [-0.1, -0.05) is 30.5 Å². The van der Waals surface area contributed by atoms with E-state index in [0.717, 1.165) is 17.7 Å². The van der Waals surface area contributed by atoms with Gasteiger partial charge in [-0.15, -0.1) is 0 Å². The van der Waals surface area contributed by atoms with Crippen LogP contribution in [-0.2, 0) is 0 Å². The average Bonchev–Trinajstić information content (AvgIpc) is 2.11. The lowest BCUT2D eigenvalue weighted by atomic mass is 9.68. The number of nitrogens with zero attached hydrogens (tertiary/aromatic N) is 1. The normalized spacial score (nSPS) is 21.1. The zero-order valence-electron chi connectivity index (χ0n) is 10.0. The van der Waals surface area contributed by atoms with Crippen molar-refractivity contribution in [2.24, 2.45) is 11.8 Å². The summed E-state index contributed by atoms with van der Waals surface area (Å²) in [5.41, 5.74) is 0. The summed E-state index contributed by atoms with van der Waals surface area (Å²) in [6.07, 6.45) is 8.34. The highest BCUT2D eigenvalue weighted by Gasteiger charge is 2.36. The highest BCUT2D eigenvalue weighted by Crippen LogP contribution is 2.41. The van der Waals surface area contributed by atoms with Gasteiger partial charge in [-0.2, -0.15) is 0 Å². The van der Waals surface area contributed by atoms with E-state index in [1.54, 1.807) is 0 Å². The van der Waals surface area contributed by atoms with E-state index in [1.165, 1.54) is 38.5 Å². The van der Waals surface area contributed by atoms with E-state index in [4.69, 9.17) is 11.6 Å². The Morgan fingerprint density at radius 2 is 1.76 bits per heavy atom. The average molecular weight is 251 g/mol. The Balaban J connectivity index is 1.70. The highest BCUT2D eigenvalue weighted by atomic mass is 35.5. The van der Waals surface area contributed by atoms with Crippen molar-refractivity contribution in [1.29, 1.82) is 0 Å². The molecule has 3 heteroatoms. The first-order chi connectivity index (χ1) is 8.33. The molecule has 1 aromatic heterocycles. The minimum atomic E-state index is 0.580. The molecule has 2 aliphatic carbocycles. The van der Waals surface area contributed by atoms with Gasteiger partial charge in [0.05, 0.1) is 0 Å². The molecule has 0 radical (unpaired) electrons. The zero-order chi connectivity index (χ0) is 11.7. The van der Waals surface area contributed by atoms with E-state index in [2.05, 4.69) is 10.3 Å². The molecule has 0 unspecified atom stereocenters. The van der Waals surface area contributed by atoms with Gasteiger partial charge >= 0.3 is 0 Å². The summed E-state index contributed by atoms with van der Waals surface area (Å²) in [6.45, 7) is 0. The Morgan fingerprint density at radius 1 is 1.12 bits per heavy atom. The van der Waals surface area contributed by atoms with Crippen molar-refractivity contribution >= 4 is 17.4 Å². The van der Waals surface area contributed by atoms with E-state index in [1.807, 2.05) is 18.2 Å². The second-order valence-electron chi connectivity index (χ2n) is 5.40. The number of nitrogens with one attached hydrogen (secondary N) is 1. The molecule has 2 saturated carbocycles. The number of rotatable bonds is 4. The fraction of sp³-hybridized carbons (Fsp3) is 0.643. The molecule has 1 heterocycles. The molecule has 0 aliphatic heterocycles. The molecule has 2 fully saturated rings. The van der Waals surface area contributed by atoms with Crippen molar-refractivity contribution in [3.05, 3.63) is 23.4 Å². The lowest BCUT2D eigenvalue weighted by Gasteiger charge is -2.43. The number of pyridine rings is 1. The molecule has 0 aromatic carbocycles. The van der Waals surface area contributed by atoms with Crippen LogP contribution >= 0.6 is 11.6 Å². The molecule has 2 nitrogen and oxygen atoms in total. The van der Waals surface area contributed by atoms with Crippen molar-refractivity contribution in [1.82, 2.24) is 4.98 Å². The zero-order valence-corrected chi connectivity index (χ0v) is 10.8. The minimum absolute atomic E-state index is 0.580. The van der Waals surface area contributed by atoms with Crippen molar-refractivity contribution in [2.75, 3.05) is 5.32 Å². The van der Waals surface area contributed by atoms with Crippen LogP contribution in [0, 0.1) is 11.8 Å². The second-order valence-corrected chi connectivity index (χ2v) is 5.78. The van der Waals surface area contributed by atoms with E-state index < -0.39 is 0 Å². The summed E-state index contributed by atoms with van der Waals surface area (Å²) in [5, 5.41) is 4.21. The third kappa shape index (κ3) is 2.42. The summed E-state index contributed by atoms with van der Waals surface area (Å²) in [5.74, 6) is 2.67. The predicted octanol–water partition coefficient (Wildman–Crippen LogP) is 4.12. The second kappa shape index (κ2) is 4.85. The molecule has 1 N–H and O–H groups in total. The lowest BCUT2D eigenvalue weighted by molar-refractivity contribution is 0.166. The van der Waals surface area contributed by atoms with Crippen LogP contribution < -0.4 is 5.32 Å². The SMILES string of the molecule is Clc1cccc(NC(C2CCC2)C2CCC2)n1. The van der Waals surface area contributed by atoms with Crippen molar-refractivity contribution in [3.8, 4) is 0 Å². The van der Waals surface area contributed by atoms with Crippen molar-refractivity contribution < 1.29 is 0 Å². The van der Waals surface area contributed by atoms with Gasteiger partial charge in [0, 0.05) is 6.04 Å². The van der Waals surface area contributed by atoms with Gasteiger partial charge in [0.25, 0.3) is 0 Å². The van der Waals surface area contributed by atoms with E-state index in [0.29, 0.717) is 11.2 Å². The van der Waals surface area contributed by atoms with Crippen LogP contribution in [-0.4, -0.2) is 11.0 Å². The lowest BCUT2D eigenvalue weighted by Crippen LogP contribution is -2.42. The van der Waals surface area contributed by atoms with Gasteiger partial charge in [0.1, 0.15) is 11.0 Å². The topological polar surface area (TPSA) is 24.9 Å². The first kappa shape index (κ1) is 11.3. The molecule has 1 aromatic rings. The Hall–Kier alpha value is -0.760. The van der Waals surface area contributed by atoms with E-state index >= 15 is 0 Å². The number of halogens is 1. The molecule has 2 aliphatic rings. The van der Waals surface area contributed by atoms with E-state index in [9.17, 15) is 0 Å². The summed E-state index contributed by atoms with van der Waals surface area (Å²) >= 11 is 5.93. The van der Waals surface area contributed by atoms with Crippen molar-refractivity contribution in [3.63, 3.8) is 0 Å². The standard InChI is InChI=1S/C14H19ClN2/c15-12-8-3-9-13(16-12)17-14(10-4-1-5-10)11-6-2-7-11/h3,8-11,14H,1-2,4-7H2,(H,16,17). The molecule has 3 rings (SSSR count). The monoisotopic (exact) mass is 250 g/mol. The first-order valence-corrected chi connectivity index (χ1v) is 7.10. The van der Waals surface area contributed by atoms with Gasteiger partial charge in [0.15, 0.2) is 0 Å². The van der Waals surface area contributed by atoms with Crippen LogP contribution in [0.2, 0.25) is 5.15 Å². The highest BCUT2D eigenvalue weighted by molar-refractivity contribution is 6.29. The van der Waals surface area contributed by atoms with E-state index in [-0.39, 0.29) is 0 Å². The molecule has 0 bridgehead atoms. The van der Waals surface area contributed by atoms with Crippen LogP contribution in [0.5, 0.6) is 0 Å².